The average Bonchev–Trinajstić information content (AvgIpc) is 3.15. The molecule has 2 aromatic carbocycles. The van der Waals surface area contributed by atoms with Crippen LogP contribution in [0.3, 0.4) is 0 Å². The molecule has 1 fully saturated rings. The number of β-lactam (4-membered cyclic amide) rings is 1. The van der Waals surface area contributed by atoms with Crippen LogP contribution < -0.4 is 15.4 Å². The molecule has 8 nitrogen and oxygen atoms in total. The van der Waals surface area contributed by atoms with E-state index in [9.17, 15) is 19.5 Å². The third kappa shape index (κ3) is 2.39. The molecule has 8 heteroatoms. The molecule has 4 rings (SSSR count). The van der Waals surface area contributed by atoms with Crippen LogP contribution in [0.5, 0.6) is 5.75 Å². The summed E-state index contributed by atoms with van der Waals surface area (Å²) in [6.07, 6.45) is 0. The first-order valence-electron chi connectivity index (χ1n) is 8.50. The van der Waals surface area contributed by atoms with Gasteiger partial charge in [-0.3, -0.25) is 14.5 Å². The topological polar surface area (TPSA) is 126 Å². The number of aliphatic carboxylic acids is 1. The number of rotatable bonds is 5. The van der Waals surface area contributed by atoms with Crippen LogP contribution >= 0.6 is 0 Å². The summed E-state index contributed by atoms with van der Waals surface area (Å²) in [5.41, 5.74) is 4.85. The lowest BCUT2D eigenvalue weighted by atomic mass is 9.76. The van der Waals surface area contributed by atoms with Crippen LogP contribution in [0.15, 0.2) is 54.6 Å². The summed E-state index contributed by atoms with van der Waals surface area (Å²) < 4.78 is 5.09. The molecule has 1 aromatic heterocycles. The van der Waals surface area contributed by atoms with Crippen LogP contribution in [0.4, 0.5) is 5.69 Å². The molecule has 28 heavy (non-hydrogen) atoms. The number of anilines is 1. The Hall–Kier alpha value is -3.65. The molecule has 3 aromatic rings. The summed E-state index contributed by atoms with van der Waals surface area (Å²) in [7, 11) is 1.50. The number of benzene rings is 2. The van der Waals surface area contributed by atoms with E-state index in [1.807, 2.05) is 18.2 Å². The van der Waals surface area contributed by atoms with Crippen LogP contribution in [0.25, 0.3) is 10.9 Å². The highest BCUT2D eigenvalue weighted by molar-refractivity contribution is 6.29. The first kappa shape index (κ1) is 17.7. The van der Waals surface area contributed by atoms with Gasteiger partial charge in [-0.05, 0) is 36.4 Å². The minimum Gasteiger partial charge on any atom is -0.497 e. The van der Waals surface area contributed by atoms with E-state index < -0.39 is 29.2 Å². The highest BCUT2D eigenvalue weighted by Gasteiger charge is 2.67. The van der Waals surface area contributed by atoms with Crippen molar-refractivity contribution in [3.63, 3.8) is 0 Å². The fraction of sp³-hybridized carbons (Fsp3) is 0.150. The van der Waals surface area contributed by atoms with Gasteiger partial charge < -0.3 is 20.6 Å². The summed E-state index contributed by atoms with van der Waals surface area (Å²) >= 11 is 0. The largest absolute Gasteiger partial charge is 0.497 e. The Morgan fingerprint density at radius 2 is 1.86 bits per heavy atom. The van der Waals surface area contributed by atoms with Gasteiger partial charge in [0.1, 0.15) is 11.8 Å². The molecular weight excluding hydrogens is 362 g/mol. The van der Waals surface area contributed by atoms with Crippen LogP contribution in [-0.4, -0.2) is 46.4 Å². The maximum absolute atomic E-state index is 13.2. The fourth-order valence-electron chi connectivity index (χ4n) is 3.47. The quantitative estimate of drug-likeness (QED) is 0.351. The molecule has 2 unspecified atom stereocenters. The number of carboxylic acids is 1. The number of nitrogens with two attached hydrogens (primary N) is 1. The number of hydrogen-bond donors (Lipinski definition) is 3. The second kappa shape index (κ2) is 6.21. The monoisotopic (exact) mass is 379 g/mol. The molecule has 142 valence electrons. The lowest BCUT2D eigenvalue weighted by Gasteiger charge is -2.49. The predicted octanol–water partition coefficient (Wildman–Crippen LogP) is 1.56. The number of aromatic amines is 1. The van der Waals surface area contributed by atoms with Crippen molar-refractivity contribution in [1.29, 1.82) is 0 Å². The third-order valence-corrected chi connectivity index (χ3v) is 5.01. The predicted molar refractivity (Wildman–Crippen MR) is 101 cm³/mol. The zero-order chi connectivity index (χ0) is 20.1. The lowest BCUT2D eigenvalue weighted by Crippen LogP contribution is -2.84. The number of nitrogens with zero attached hydrogens (tertiary/aromatic N) is 1. The molecule has 0 bridgehead atoms. The van der Waals surface area contributed by atoms with Crippen molar-refractivity contribution in [3.8, 4) is 5.75 Å². The molecule has 0 radical (unpaired) electrons. The number of Topliss-reactive ketones (excluding diaryl/α,β-unsaturated/α-hetero) is 1. The van der Waals surface area contributed by atoms with Crippen molar-refractivity contribution in [2.75, 3.05) is 12.0 Å². The number of fused-ring (bicyclic) bond motifs is 1. The maximum atomic E-state index is 13.2. The number of nitrogens with one attached hydrogen (secondary N) is 1. The minimum absolute atomic E-state index is 0.188. The number of ketones is 1. The van der Waals surface area contributed by atoms with E-state index in [0.29, 0.717) is 11.4 Å². The normalized spacial score (nSPS) is 21.4. The molecule has 4 N–H and O–H groups in total. The highest BCUT2D eigenvalue weighted by Crippen LogP contribution is 2.37. The number of aromatic nitrogens is 1. The number of methoxy groups -OCH3 is 1. The van der Waals surface area contributed by atoms with Crippen molar-refractivity contribution in [3.05, 3.63) is 60.3 Å². The van der Waals surface area contributed by atoms with Crippen molar-refractivity contribution in [1.82, 2.24) is 4.98 Å². The van der Waals surface area contributed by atoms with E-state index in [-0.39, 0.29) is 5.69 Å². The van der Waals surface area contributed by atoms with E-state index in [2.05, 4.69) is 4.98 Å². The molecular formula is C20H17N3O5. The minimum atomic E-state index is -2.33. The van der Waals surface area contributed by atoms with Gasteiger partial charge in [0.15, 0.2) is 0 Å². The van der Waals surface area contributed by atoms with Crippen molar-refractivity contribution >= 4 is 34.3 Å². The van der Waals surface area contributed by atoms with E-state index in [4.69, 9.17) is 10.5 Å². The van der Waals surface area contributed by atoms with Crippen molar-refractivity contribution in [2.24, 2.45) is 5.73 Å². The summed E-state index contributed by atoms with van der Waals surface area (Å²) in [6.45, 7) is 0. The molecule has 0 spiro atoms. The second-order valence-corrected chi connectivity index (χ2v) is 6.58. The summed E-state index contributed by atoms with van der Waals surface area (Å²) in [6, 6.07) is 13.9. The first-order valence-corrected chi connectivity index (χ1v) is 8.50. The van der Waals surface area contributed by atoms with E-state index >= 15 is 0 Å². The lowest BCUT2D eigenvalue weighted by molar-refractivity contribution is -0.153. The molecule has 2 heterocycles. The van der Waals surface area contributed by atoms with E-state index in [1.54, 1.807) is 36.4 Å². The number of amides is 1. The van der Waals surface area contributed by atoms with Crippen LogP contribution in [0.2, 0.25) is 0 Å². The van der Waals surface area contributed by atoms with Gasteiger partial charge >= 0.3 is 5.97 Å². The van der Waals surface area contributed by atoms with Gasteiger partial charge in [-0.1, -0.05) is 18.2 Å². The summed E-state index contributed by atoms with van der Waals surface area (Å²) in [5, 5.41) is 10.4. The molecule has 1 saturated heterocycles. The Morgan fingerprint density at radius 1 is 1.18 bits per heavy atom. The number of hydrogen-bond acceptors (Lipinski definition) is 5. The standard InChI is InChI=1S/C20H17N3O5/c1-28-13-8-6-12(7-9-13)23-17(20(21,18(23)25)19(26)27)16(24)15-10-11-4-2-3-5-14(11)22-15/h2-10,17,22H,21H2,1H3,(H,26,27). The van der Waals surface area contributed by atoms with Crippen molar-refractivity contribution < 1.29 is 24.2 Å². The van der Waals surface area contributed by atoms with E-state index in [1.165, 1.54) is 7.11 Å². The average molecular weight is 379 g/mol. The number of H-pyrrole nitrogens is 1. The number of carbonyl (C=O) groups is 3. The molecule has 0 aliphatic carbocycles. The van der Waals surface area contributed by atoms with Gasteiger partial charge in [0.25, 0.3) is 5.91 Å². The fourth-order valence-corrected chi connectivity index (χ4v) is 3.47. The van der Waals surface area contributed by atoms with Crippen LogP contribution in [0.1, 0.15) is 10.5 Å². The molecule has 1 aliphatic rings. The Bertz CT molecular complexity index is 1070. The Balaban J connectivity index is 1.77. The van der Waals surface area contributed by atoms with Gasteiger partial charge in [0.2, 0.25) is 11.3 Å². The second-order valence-electron chi connectivity index (χ2n) is 6.58. The van der Waals surface area contributed by atoms with Gasteiger partial charge in [-0.15, -0.1) is 0 Å². The Kier molecular flexibility index (Phi) is 3.93. The molecule has 2 atom stereocenters. The molecule has 0 saturated carbocycles. The van der Waals surface area contributed by atoms with E-state index in [0.717, 1.165) is 15.8 Å². The SMILES string of the molecule is COc1ccc(N2C(=O)C(N)(C(=O)O)C2C(=O)c2cc3ccccc3[nH]2)cc1. The van der Waals surface area contributed by atoms with Crippen LogP contribution in [-0.2, 0) is 9.59 Å². The zero-order valence-corrected chi connectivity index (χ0v) is 14.9. The highest BCUT2D eigenvalue weighted by atomic mass is 16.5. The van der Waals surface area contributed by atoms with Crippen molar-refractivity contribution in [2.45, 2.75) is 11.6 Å². The van der Waals surface area contributed by atoms with Gasteiger partial charge in [-0.25, -0.2) is 4.79 Å². The third-order valence-electron chi connectivity index (χ3n) is 5.01. The first-order chi connectivity index (χ1) is 13.4. The van der Waals surface area contributed by atoms with Gasteiger partial charge in [0, 0.05) is 16.6 Å². The van der Waals surface area contributed by atoms with Crippen LogP contribution in [0, 0.1) is 0 Å². The number of carbonyl (C=O) groups excluding carboxylic acids is 2. The van der Waals surface area contributed by atoms with Gasteiger partial charge in [-0.2, -0.15) is 0 Å². The zero-order valence-electron chi connectivity index (χ0n) is 14.9. The number of para-hydroxylation sites is 1. The number of ether oxygens (including phenoxy) is 1. The number of carboxylic acid groups (broad SMARTS) is 1. The summed E-state index contributed by atoms with van der Waals surface area (Å²) in [4.78, 5) is 41.6. The molecule has 1 aliphatic heterocycles. The van der Waals surface area contributed by atoms with Gasteiger partial charge in [0.05, 0.1) is 12.8 Å². The summed E-state index contributed by atoms with van der Waals surface area (Å²) in [5.74, 6) is -2.40. The smallest absolute Gasteiger partial charge is 0.336 e. The Morgan fingerprint density at radius 3 is 2.46 bits per heavy atom. The molecule has 1 amide bonds. The Labute approximate surface area is 159 Å². The maximum Gasteiger partial charge on any atom is 0.336 e.